The Balaban J connectivity index is 2.25. The van der Waals surface area contributed by atoms with Crippen LogP contribution in [-0.2, 0) is 6.42 Å². The van der Waals surface area contributed by atoms with Crippen molar-refractivity contribution in [3.05, 3.63) is 58.4 Å². The molecule has 18 heavy (non-hydrogen) atoms. The van der Waals surface area contributed by atoms with Crippen LogP contribution in [0.4, 0.5) is 0 Å². The third-order valence-corrected chi connectivity index (χ3v) is 3.12. The van der Waals surface area contributed by atoms with Crippen molar-refractivity contribution in [1.82, 2.24) is 4.98 Å². The van der Waals surface area contributed by atoms with E-state index in [1.54, 1.807) is 30.6 Å². The van der Waals surface area contributed by atoms with Crippen molar-refractivity contribution in [3.63, 3.8) is 0 Å². The Hall–Kier alpha value is -1.87. The first-order valence-corrected chi connectivity index (χ1v) is 5.87. The van der Waals surface area contributed by atoms with Crippen LogP contribution in [0.2, 0.25) is 5.02 Å². The van der Waals surface area contributed by atoms with Gasteiger partial charge in [0, 0.05) is 35.0 Å². The molecule has 0 atom stereocenters. The molecule has 0 spiro atoms. The van der Waals surface area contributed by atoms with Crippen molar-refractivity contribution in [1.29, 1.82) is 0 Å². The summed E-state index contributed by atoms with van der Waals surface area (Å²) in [5, 5.41) is 10.3. The molecule has 0 aliphatic carbocycles. The zero-order valence-corrected chi connectivity index (χ0v) is 10.6. The van der Waals surface area contributed by atoms with Crippen LogP contribution in [0.25, 0.3) is 0 Å². The van der Waals surface area contributed by atoms with Crippen LogP contribution in [0.1, 0.15) is 21.5 Å². The summed E-state index contributed by atoms with van der Waals surface area (Å²) >= 11 is 5.89. The molecule has 0 fully saturated rings. The van der Waals surface area contributed by atoms with Crippen LogP contribution < -0.4 is 0 Å². The second kappa shape index (κ2) is 5.19. The number of benzene rings is 1. The molecule has 0 saturated heterocycles. The van der Waals surface area contributed by atoms with E-state index in [9.17, 15) is 9.90 Å². The van der Waals surface area contributed by atoms with Gasteiger partial charge >= 0.3 is 0 Å². The van der Waals surface area contributed by atoms with E-state index in [4.69, 9.17) is 11.6 Å². The molecule has 0 aliphatic heterocycles. The molecule has 2 rings (SSSR count). The second-order valence-electron chi connectivity index (χ2n) is 4.07. The van der Waals surface area contributed by atoms with Gasteiger partial charge in [0.2, 0.25) is 0 Å². The van der Waals surface area contributed by atoms with E-state index >= 15 is 0 Å². The molecule has 0 radical (unpaired) electrons. The molecule has 3 nitrogen and oxygen atoms in total. The smallest absolute Gasteiger partial charge is 0.167 e. The number of carbonyl (C=O) groups excluding carboxylic acids is 1. The van der Waals surface area contributed by atoms with Gasteiger partial charge in [-0.2, -0.15) is 0 Å². The minimum atomic E-state index is -0.0607. The van der Waals surface area contributed by atoms with Crippen molar-refractivity contribution in [2.45, 2.75) is 13.3 Å². The van der Waals surface area contributed by atoms with Gasteiger partial charge in [-0.05, 0) is 30.7 Å². The third-order valence-electron chi connectivity index (χ3n) is 2.71. The van der Waals surface area contributed by atoms with Crippen molar-refractivity contribution in [3.8, 4) is 5.75 Å². The van der Waals surface area contributed by atoms with Gasteiger partial charge in [0.25, 0.3) is 0 Å². The first kappa shape index (κ1) is 12.6. The number of hydrogen-bond donors (Lipinski definition) is 1. The number of aryl methyl sites for hydroxylation is 1. The average Bonchev–Trinajstić information content (AvgIpc) is 2.37. The number of rotatable bonds is 3. The summed E-state index contributed by atoms with van der Waals surface area (Å²) in [4.78, 5) is 15.8. The number of halogens is 1. The quantitative estimate of drug-likeness (QED) is 0.864. The van der Waals surface area contributed by atoms with Gasteiger partial charge in [-0.3, -0.25) is 9.78 Å². The van der Waals surface area contributed by atoms with Gasteiger partial charge in [0.15, 0.2) is 5.78 Å². The topological polar surface area (TPSA) is 50.2 Å². The van der Waals surface area contributed by atoms with Crippen molar-refractivity contribution < 1.29 is 9.90 Å². The number of phenols is 1. The normalized spacial score (nSPS) is 10.3. The highest BCUT2D eigenvalue weighted by Crippen LogP contribution is 2.26. The summed E-state index contributed by atoms with van der Waals surface area (Å²) < 4.78 is 0. The zero-order chi connectivity index (χ0) is 13.1. The third kappa shape index (κ3) is 2.68. The van der Waals surface area contributed by atoms with Gasteiger partial charge in [0.05, 0.1) is 0 Å². The Kier molecular flexibility index (Phi) is 3.63. The number of carbonyl (C=O) groups is 1. The van der Waals surface area contributed by atoms with Gasteiger partial charge < -0.3 is 5.11 Å². The number of nitrogens with zero attached hydrogens (tertiary/aromatic N) is 1. The predicted octanol–water partition coefficient (Wildman–Crippen LogP) is 3.17. The first-order chi connectivity index (χ1) is 8.58. The predicted molar refractivity (Wildman–Crippen MR) is 70.1 cm³/mol. The molecule has 1 aromatic carbocycles. The van der Waals surface area contributed by atoms with E-state index in [2.05, 4.69) is 4.98 Å². The van der Waals surface area contributed by atoms with E-state index in [1.165, 1.54) is 6.07 Å². The summed E-state index contributed by atoms with van der Waals surface area (Å²) in [6, 6.07) is 6.51. The summed E-state index contributed by atoms with van der Waals surface area (Å²) in [6.07, 6.45) is 3.29. The van der Waals surface area contributed by atoms with Gasteiger partial charge in [-0.15, -0.1) is 0 Å². The highest BCUT2D eigenvalue weighted by molar-refractivity contribution is 6.31. The van der Waals surface area contributed by atoms with E-state index < -0.39 is 0 Å². The van der Waals surface area contributed by atoms with Crippen molar-refractivity contribution in [2.75, 3.05) is 0 Å². The van der Waals surface area contributed by atoms with Crippen LogP contribution in [0, 0.1) is 6.92 Å². The van der Waals surface area contributed by atoms with Crippen LogP contribution in [0.5, 0.6) is 5.75 Å². The monoisotopic (exact) mass is 261 g/mol. The lowest BCUT2D eigenvalue weighted by molar-refractivity contribution is 0.0992. The van der Waals surface area contributed by atoms with Crippen molar-refractivity contribution in [2.24, 2.45) is 0 Å². The Bertz CT molecular complexity index is 582. The molecule has 0 aliphatic rings. The first-order valence-electron chi connectivity index (χ1n) is 5.49. The molecule has 1 heterocycles. The number of phenolic OH excluding ortho intramolecular Hbond substituents is 1. The number of pyridine rings is 1. The molecule has 0 bridgehead atoms. The maximum Gasteiger partial charge on any atom is 0.167 e. The molecule has 0 amide bonds. The molecular weight excluding hydrogens is 250 g/mol. The molecule has 1 N–H and O–H groups in total. The minimum Gasteiger partial charge on any atom is -0.508 e. The summed E-state index contributed by atoms with van der Waals surface area (Å²) in [6.45, 7) is 1.84. The maximum atomic E-state index is 12.0. The number of Topliss-reactive ketones (excluding diaryl/α,β-unsaturated/α-hetero) is 1. The minimum absolute atomic E-state index is 0.0491. The maximum absolute atomic E-state index is 12.0. The molecule has 0 unspecified atom stereocenters. The molecule has 92 valence electrons. The number of hydrogen-bond acceptors (Lipinski definition) is 3. The molecule has 4 heteroatoms. The van der Waals surface area contributed by atoms with E-state index in [0.29, 0.717) is 16.1 Å². The molecule has 1 aromatic heterocycles. The second-order valence-corrected chi connectivity index (χ2v) is 4.47. The summed E-state index contributed by atoms with van der Waals surface area (Å²) in [7, 11) is 0. The van der Waals surface area contributed by atoms with Crippen LogP contribution in [0.3, 0.4) is 0 Å². The van der Waals surface area contributed by atoms with Gasteiger partial charge in [0.1, 0.15) is 5.75 Å². The molecular formula is C14H12ClNO2. The standard InChI is InChI=1S/C14H12ClNO2/c1-9-6-11(14(18)8-12(9)15)7-13(17)10-2-4-16-5-3-10/h2-6,8,18H,7H2,1H3. The lowest BCUT2D eigenvalue weighted by Gasteiger charge is -2.07. The van der Waals surface area contributed by atoms with E-state index in [0.717, 1.165) is 5.56 Å². The Morgan fingerprint density at radius 1 is 1.33 bits per heavy atom. The SMILES string of the molecule is Cc1cc(CC(=O)c2ccncc2)c(O)cc1Cl. The molecule has 2 aromatic rings. The van der Waals surface area contributed by atoms with Gasteiger partial charge in [-0.1, -0.05) is 17.7 Å². The molecule has 0 saturated carbocycles. The highest BCUT2D eigenvalue weighted by atomic mass is 35.5. The lowest BCUT2D eigenvalue weighted by atomic mass is 10.0. The lowest BCUT2D eigenvalue weighted by Crippen LogP contribution is -2.04. The fourth-order valence-electron chi connectivity index (χ4n) is 1.69. The van der Waals surface area contributed by atoms with Gasteiger partial charge in [-0.25, -0.2) is 0 Å². The zero-order valence-electron chi connectivity index (χ0n) is 9.85. The average molecular weight is 262 g/mol. The fourth-order valence-corrected chi connectivity index (χ4v) is 1.84. The fraction of sp³-hybridized carbons (Fsp3) is 0.143. The van der Waals surface area contributed by atoms with Crippen LogP contribution >= 0.6 is 11.6 Å². The largest absolute Gasteiger partial charge is 0.508 e. The summed E-state index contributed by atoms with van der Waals surface area (Å²) in [5.41, 5.74) is 2.00. The highest BCUT2D eigenvalue weighted by Gasteiger charge is 2.11. The Morgan fingerprint density at radius 3 is 2.67 bits per heavy atom. The number of aromatic nitrogens is 1. The van der Waals surface area contributed by atoms with E-state index in [1.807, 2.05) is 6.92 Å². The summed E-state index contributed by atoms with van der Waals surface area (Å²) in [5.74, 6) is -0.0116. The van der Waals surface area contributed by atoms with Crippen molar-refractivity contribution >= 4 is 17.4 Å². The Morgan fingerprint density at radius 2 is 2.00 bits per heavy atom. The number of aromatic hydroxyl groups is 1. The van der Waals surface area contributed by atoms with Crippen LogP contribution in [0.15, 0.2) is 36.7 Å². The van der Waals surface area contributed by atoms with E-state index in [-0.39, 0.29) is 18.0 Å². The Labute approximate surface area is 110 Å². The number of ketones is 1. The van der Waals surface area contributed by atoms with Crippen LogP contribution in [-0.4, -0.2) is 15.9 Å².